The Morgan fingerprint density at radius 1 is 0.750 bits per heavy atom. The monoisotopic (exact) mass is 370 g/mol. The van der Waals surface area contributed by atoms with Gasteiger partial charge in [-0.25, -0.2) is 0 Å². The zero-order valence-corrected chi connectivity index (χ0v) is 14.6. The number of amides is 1. The van der Waals surface area contributed by atoms with Crippen LogP contribution in [0.4, 0.5) is 6.01 Å². The van der Waals surface area contributed by atoms with Gasteiger partial charge in [-0.15, -0.1) is 5.10 Å². The quantitative estimate of drug-likeness (QED) is 0.539. The first-order valence-electron chi connectivity index (χ1n) is 8.46. The summed E-state index contributed by atoms with van der Waals surface area (Å²) in [7, 11) is 0. The van der Waals surface area contributed by atoms with Crippen LogP contribution in [0.1, 0.15) is 26.3 Å². The van der Waals surface area contributed by atoms with Crippen LogP contribution < -0.4 is 5.32 Å². The molecule has 2 aromatic heterocycles. The minimum absolute atomic E-state index is 0.0127. The van der Waals surface area contributed by atoms with Crippen molar-refractivity contribution in [3.05, 3.63) is 95.8 Å². The average Bonchev–Trinajstić information content (AvgIpc) is 3.23. The van der Waals surface area contributed by atoms with E-state index >= 15 is 0 Å². The van der Waals surface area contributed by atoms with Gasteiger partial charge in [0.15, 0.2) is 5.78 Å². The van der Waals surface area contributed by atoms with Gasteiger partial charge in [0.1, 0.15) is 0 Å². The highest BCUT2D eigenvalue weighted by Gasteiger charge is 2.14. The van der Waals surface area contributed by atoms with E-state index in [0.29, 0.717) is 22.3 Å². The molecule has 1 amide bonds. The number of rotatable bonds is 5. The number of hydrogen-bond donors (Lipinski definition) is 1. The zero-order chi connectivity index (χ0) is 19.3. The lowest BCUT2D eigenvalue weighted by Crippen LogP contribution is -2.12. The standard InChI is InChI=1S/C21H14N4O3/c26-18(14-4-2-1-3-5-14)15-6-8-16(9-7-15)19(27)23-21-25-24-20(28-21)17-10-12-22-13-11-17/h1-13H,(H,23,25,27). The molecule has 0 unspecified atom stereocenters. The fourth-order valence-corrected chi connectivity index (χ4v) is 2.58. The summed E-state index contributed by atoms with van der Waals surface area (Å²) in [6, 6.07) is 18.8. The molecule has 7 heteroatoms. The third kappa shape index (κ3) is 3.68. The molecule has 136 valence electrons. The Morgan fingerprint density at radius 3 is 2.11 bits per heavy atom. The lowest BCUT2D eigenvalue weighted by molar-refractivity contribution is 0.101. The fraction of sp³-hybridized carbons (Fsp3) is 0. The molecule has 0 spiro atoms. The van der Waals surface area contributed by atoms with Crippen molar-refractivity contribution in [2.45, 2.75) is 0 Å². The Balaban J connectivity index is 1.46. The number of hydrogen-bond acceptors (Lipinski definition) is 6. The normalized spacial score (nSPS) is 10.4. The van der Waals surface area contributed by atoms with E-state index in [4.69, 9.17) is 4.42 Å². The topological polar surface area (TPSA) is 98.0 Å². The van der Waals surface area contributed by atoms with E-state index in [1.54, 1.807) is 73.1 Å². The third-order valence-electron chi connectivity index (χ3n) is 4.02. The molecule has 0 atom stereocenters. The molecule has 4 rings (SSSR count). The summed E-state index contributed by atoms with van der Waals surface area (Å²) in [5.41, 5.74) is 2.16. The van der Waals surface area contributed by atoms with Gasteiger partial charge in [0.25, 0.3) is 5.91 Å². The van der Waals surface area contributed by atoms with Crippen LogP contribution in [0.25, 0.3) is 11.5 Å². The van der Waals surface area contributed by atoms with Gasteiger partial charge in [-0.2, -0.15) is 0 Å². The van der Waals surface area contributed by atoms with E-state index < -0.39 is 5.91 Å². The molecule has 0 fully saturated rings. The molecule has 0 saturated carbocycles. The van der Waals surface area contributed by atoms with Gasteiger partial charge in [-0.1, -0.05) is 47.6 Å². The average molecular weight is 370 g/mol. The van der Waals surface area contributed by atoms with Crippen LogP contribution in [0, 0.1) is 0 Å². The van der Waals surface area contributed by atoms with Crippen molar-refractivity contribution in [1.82, 2.24) is 15.2 Å². The summed E-state index contributed by atoms with van der Waals surface area (Å²) in [6.07, 6.45) is 3.21. The van der Waals surface area contributed by atoms with E-state index in [0.717, 1.165) is 0 Å². The van der Waals surface area contributed by atoms with E-state index in [9.17, 15) is 9.59 Å². The summed E-state index contributed by atoms with van der Waals surface area (Å²) in [5.74, 6) is -0.239. The number of benzene rings is 2. The summed E-state index contributed by atoms with van der Waals surface area (Å²) in [6.45, 7) is 0. The van der Waals surface area contributed by atoms with Crippen molar-refractivity contribution < 1.29 is 14.0 Å². The molecule has 4 aromatic rings. The number of pyridine rings is 1. The van der Waals surface area contributed by atoms with Crippen LogP contribution in [0.2, 0.25) is 0 Å². The number of carbonyl (C=O) groups excluding carboxylic acids is 2. The highest BCUT2D eigenvalue weighted by Crippen LogP contribution is 2.19. The lowest BCUT2D eigenvalue weighted by atomic mass is 10.0. The second-order valence-corrected chi connectivity index (χ2v) is 5.87. The summed E-state index contributed by atoms with van der Waals surface area (Å²) >= 11 is 0. The van der Waals surface area contributed by atoms with Gasteiger partial charge in [0, 0.05) is 34.6 Å². The van der Waals surface area contributed by atoms with Gasteiger partial charge >= 0.3 is 6.01 Å². The number of anilines is 1. The van der Waals surface area contributed by atoms with Crippen molar-refractivity contribution in [3.8, 4) is 11.5 Å². The highest BCUT2D eigenvalue weighted by atomic mass is 16.4. The Hall–Kier alpha value is -4.13. The molecule has 0 saturated heterocycles. The van der Waals surface area contributed by atoms with Gasteiger partial charge in [0.05, 0.1) is 0 Å². The third-order valence-corrected chi connectivity index (χ3v) is 4.02. The minimum atomic E-state index is -0.413. The molecular weight excluding hydrogens is 356 g/mol. The highest BCUT2D eigenvalue weighted by molar-refractivity contribution is 6.10. The predicted octanol–water partition coefficient (Wildman–Crippen LogP) is 3.61. The van der Waals surface area contributed by atoms with Crippen LogP contribution in [0.5, 0.6) is 0 Å². The van der Waals surface area contributed by atoms with Crippen molar-refractivity contribution in [1.29, 1.82) is 0 Å². The molecule has 2 heterocycles. The first-order chi connectivity index (χ1) is 13.7. The fourth-order valence-electron chi connectivity index (χ4n) is 2.58. The molecule has 0 bridgehead atoms. The van der Waals surface area contributed by atoms with Crippen LogP contribution in [0.3, 0.4) is 0 Å². The van der Waals surface area contributed by atoms with E-state index in [-0.39, 0.29) is 17.7 Å². The SMILES string of the molecule is O=C(Nc1nnc(-c2ccncc2)o1)c1ccc(C(=O)c2ccccc2)cc1. The minimum Gasteiger partial charge on any atom is -0.403 e. The van der Waals surface area contributed by atoms with Crippen LogP contribution in [-0.4, -0.2) is 26.9 Å². The molecule has 0 radical (unpaired) electrons. The predicted molar refractivity (Wildman–Crippen MR) is 102 cm³/mol. The smallest absolute Gasteiger partial charge is 0.322 e. The Labute approximate surface area is 160 Å². The van der Waals surface area contributed by atoms with Crippen LogP contribution in [-0.2, 0) is 0 Å². The van der Waals surface area contributed by atoms with Gasteiger partial charge in [-0.05, 0) is 24.3 Å². The molecule has 0 aliphatic carbocycles. The summed E-state index contributed by atoms with van der Waals surface area (Å²) in [5, 5.41) is 10.3. The van der Waals surface area contributed by atoms with Crippen LogP contribution in [0.15, 0.2) is 83.5 Å². The van der Waals surface area contributed by atoms with E-state index in [1.165, 1.54) is 0 Å². The van der Waals surface area contributed by atoms with Crippen molar-refractivity contribution >= 4 is 17.7 Å². The van der Waals surface area contributed by atoms with Crippen LogP contribution >= 0.6 is 0 Å². The Kier molecular flexibility index (Phi) is 4.71. The molecule has 0 aliphatic rings. The second kappa shape index (κ2) is 7.63. The molecule has 2 aromatic carbocycles. The van der Waals surface area contributed by atoms with E-state index in [2.05, 4.69) is 20.5 Å². The molecule has 1 N–H and O–H groups in total. The number of nitrogens with zero attached hydrogens (tertiary/aromatic N) is 3. The van der Waals surface area contributed by atoms with Gasteiger partial charge in [0.2, 0.25) is 5.89 Å². The second-order valence-electron chi connectivity index (χ2n) is 5.87. The number of ketones is 1. The molecule has 7 nitrogen and oxygen atoms in total. The Morgan fingerprint density at radius 2 is 1.39 bits per heavy atom. The van der Waals surface area contributed by atoms with Crippen molar-refractivity contribution in [2.75, 3.05) is 5.32 Å². The summed E-state index contributed by atoms with van der Waals surface area (Å²) < 4.78 is 5.45. The maximum absolute atomic E-state index is 12.4. The lowest BCUT2D eigenvalue weighted by Gasteiger charge is -2.04. The molecule has 0 aliphatic heterocycles. The molecule has 28 heavy (non-hydrogen) atoms. The molecular formula is C21H14N4O3. The van der Waals surface area contributed by atoms with E-state index in [1.807, 2.05) is 6.07 Å². The first-order valence-corrected chi connectivity index (χ1v) is 8.46. The zero-order valence-electron chi connectivity index (χ0n) is 14.6. The maximum atomic E-state index is 12.4. The van der Waals surface area contributed by atoms with Gasteiger partial charge < -0.3 is 4.42 Å². The van der Waals surface area contributed by atoms with Crippen molar-refractivity contribution in [2.24, 2.45) is 0 Å². The maximum Gasteiger partial charge on any atom is 0.322 e. The van der Waals surface area contributed by atoms with Gasteiger partial charge in [-0.3, -0.25) is 19.9 Å². The number of aromatic nitrogens is 3. The number of carbonyl (C=O) groups is 2. The number of nitrogens with one attached hydrogen (secondary N) is 1. The Bertz CT molecular complexity index is 1110. The first kappa shape index (κ1) is 17.3. The largest absolute Gasteiger partial charge is 0.403 e. The van der Waals surface area contributed by atoms with Crippen molar-refractivity contribution in [3.63, 3.8) is 0 Å². The summed E-state index contributed by atoms with van der Waals surface area (Å²) in [4.78, 5) is 28.7.